The molecule has 1 heterocycles. The fourth-order valence-corrected chi connectivity index (χ4v) is 3.83. The van der Waals surface area contributed by atoms with Gasteiger partial charge in [0.15, 0.2) is 0 Å². The number of hydrogen-bond acceptors (Lipinski definition) is 3. The molecule has 0 N–H and O–H groups in total. The fourth-order valence-electron chi connectivity index (χ4n) is 2.54. The maximum atomic E-state index is 8.95. The first-order valence-corrected chi connectivity index (χ1v) is 9.45. The molecule has 0 aliphatic heterocycles. The SMILES string of the molecule is CCCCCCCSC(Cn1ccnc1)c1ccc(C#N)cc1. The number of thioether (sulfide) groups is 1. The summed E-state index contributed by atoms with van der Waals surface area (Å²) in [5.41, 5.74) is 2.01. The minimum atomic E-state index is 0.406. The molecule has 1 unspecified atom stereocenters. The summed E-state index contributed by atoms with van der Waals surface area (Å²) in [5, 5.41) is 9.36. The van der Waals surface area contributed by atoms with Crippen molar-refractivity contribution in [3.05, 3.63) is 54.1 Å². The Bertz CT molecular complexity index is 584. The average molecular weight is 327 g/mol. The normalized spacial score (nSPS) is 12.0. The maximum Gasteiger partial charge on any atom is 0.0991 e. The van der Waals surface area contributed by atoms with Gasteiger partial charge in [0, 0.05) is 24.2 Å². The Hall–Kier alpha value is -1.73. The van der Waals surface area contributed by atoms with E-state index in [2.05, 4.69) is 34.7 Å². The van der Waals surface area contributed by atoms with Crippen LogP contribution in [0.15, 0.2) is 43.0 Å². The number of aromatic nitrogens is 2. The third-order valence-electron chi connectivity index (χ3n) is 3.91. The first kappa shape index (κ1) is 17.6. The molecule has 1 atom stereocenters. The van der Waals surface area contributed by atoms with E-state index >= 15 is 0 Å². The van der Waals surface area contributed by atoms with Gasteiger partial charge in [0.2, 0.25) is 0 Å². The van der Waals surface area contributed by atoms with E-state index in [0.717, 1.165) is 12.1 Å². The highest BCUT2D eigenvalue weighted by atomic mass is 32.2. The lowest BCUT2D eigenvalue weighted by atomic mass is 10.1. The van der Waals surface area contributed by atoms with Crippen molar-refractivity contribution >= 4 is 11.8 Å². The number of hydrogen-bond donors (Lipinski definition) is 0. The first-order valence-electron chi connectivity index (χ1n) is 8.41. The minimum Gasteiger partial charge on any atom is -0.336 e. The number of nitrogens with zero attached hydrogens (tertiary/aromatic N) is 3. The third kappa shape index (κ3) is 6.11. The zero-order valence-electron chi connectivity index (χ0n) is 13.8. The molecule has 122 valence electrons. The molecule has 0 aliphatic carbocycles. The molecule has 0 aliphatic rings. The van der Waals surface area contributed by atoms with Crippen LogP contribution in [0.4, 0.5) is 0 Å². The van der Waals surface area contributed by atoms with Crippen molar-refractivity contribution in [2.24, 2.45) is 0 Å². The van der Waals surface area contributed by atoms with Crippen molar-refractivity contribution in [3.8, 4) is 6.07 Å². The zero-order chi connectivity index (χ0) is 16.3. The van der Waals surface area contributed by atoms with Crippen LogP contribution < -0.4 is 0 Å². The molecule has 0 saturated carbocycles. The second kappa shape index (κ2) is 10.1. The van der Waals surface area contributed by atoms with Crippen molar-refractivity contribution < 1.29 is 0 Å². The molecular formula is C19H25N3S. The summed E-state index contributed by atoms with van der Waals surface area (Å²) in [5.74, 6) is 1.18. The zero-order valence-corrected chi connectivity index (χ0v) is 14.6. The van der Waals surface area contributed by atoms with E-state index in [0.29, 0.717) is 5.25 Å². The molecular weight excluding hydrogens is 302 g/mol. The molecule has 0 spiro atoms. The highest BCUT2D eigenvalue weighted by molar-refractivity contribution is 7.99. The van der Waals surface area contributed by atoms with Gasteiger partial charge in [-0.1, -0.05) is 44.7 Å². The van der Waals surface area contributed by atoms with Crippen LogP contribution in [-0.2, 0) is 6.54 Å². The van der Waals surface area contributed by atoms with Gasteiger partial charge in [-0.15, -0.1) is 0 Å². The van der Waals surface area contributed by atoms with E-state index in [1.165, 1.54) is 43.4 Å². The quantitative estimate of drug-likeness (QED) is 0.563. The van der Waals surface area contributed by atoms with Crippen molar-refractivity contribution in [2.45, 2.75) is 50.8 Å². The van der Waals surface area contributed by atoms with E-state index in [9.17, 15) is 0 Å². The highest BCUT2D eigenvalue weighted by Crippen LogP contribution is 2.31. The van der Waals surface area contributed by atoms with Gasteiger partial charge >= 0.3 is 0 Å². The predicted molar refractivity (Wildman–Crippen MR) is 97.3 cm³/mol. The van der Waals surface area contributed by atoms with Gasteiger partial charge in [-0.3, -0.25) is 0 Å². The van der Waals surface area contributed by atoms with Crippen molar-refractivity contribution in [1.82, 2.24) is 9.55 Å². The molecule has 0 radical (unpaired) electrons. The van der Waals surface area contributed by atoms with E-state index in [-0.39, 0.29) is 0 Å². The van der Waals surface area contributed by atoms with E-state index in [4.69, 9.17) is 5.26 Å². The van der Waals surface area contributed by atoms with Crippen LogP contribution in [0.2, 0.25) is 0 Å². The molecule has 2 rings (SSSR count). The lowest BCUT2D eigenvalue weighted by molar-refractivity contribution is 0.655. The van der Waals surface area contributed by atoms with Crippen LogP contribution in [0.3, 0.4) is 0 Å². The molecule has 0 bridgehead atoms. The van der Waals surface area contributed by atoms with Crippen LogP contribution in [0.1, 0.15) is 55.4 Å². The molecule has 1 aromatic heterocycles. The lowest BCUT2D eigenvalue weighted by Crippen LogP contribution is -2.06. The Labute approximate surface area is 143 Å². The van der Waals surface area contributed by atoms with Gasteiger partial charge in [0.05, 0.1) is 18.0 Å². The molecule has 0 fully saturated rings. The number of imidazole rings is 1. The summed E-state index contributed by atoms with van der Waals surface area (Å²) in [7, 11) is 0. The minimum absolute atomic E-state index is 0.406. The first-order chi connectivity index (χ1) is 11.3. The van der Waals surface area contributed by atoms with Crippen LogP contribution in [0.5, 0.6) is 0 Å². The van der Waals surface area contributed by atoms with Crippen LogP contribution in [0.25, 0.3) is 0 Å². The summed E-state index contributed by atoms with van der Waals surface area (Å²) in [6.45, 7) is 3.17. The summed E-state index contributed by atoms with van der Waals surface area (Å²) >= 11 is 2.01. The molecule has 1 aromatic carbocycles. The number of unbranched alkanes of at least 4 members (excludes halogenated alkanes) is 4. The third-order valence-corrected chi connectivity index (χ3v) is 5.26. The Balaban J connectivity index is 1.92. The van der Waals surface area contributed by atoms with Gasteiger partial charge in [0.1, 0.15) is 0 Å². The van der Waals surface area contributed by atoms with Crippen molar-refractivity contribution in [3.63, 3.8) is 0 Å². The monoisotopic (exact) mass is 327 g/mol. The van der Waals surface area contributed by atoms with Crippen LogP contribution >= 0.6 is 11.8 Å². The van der Waals surface area contributed by atoms with E-state index in [1.807, 2.05) is 42.6 Å². The molecule has 4 heteroatoms. The molecule has 0 amide bonds. The second-order valence-corrected chi connectivity index (χ2v) is 7.08. The topological polar surface area (TPSA) is 41.6 Å². The smallest absolute Gasteiger partial charge is 0.0991 e. The van der Waals surface area contributed by atoms with Crippen LogP contribution in [0, 0.1) is 11.3 Å². The molecule has 3 nitrogen and oxygen atoms in total. The van der Waals surface area contributed by atoms with Crippen LogP contribution in [-0.4, -0.2) is 15.3 Å². The average Bonchev–Trinajstić information content (AvgIpc) is 3.10. The van der Waals surface area contributed by atoms with Gasteiger partial charge in [-0.2, -0.15) is 17.0 Å². The Morgan fingerprint density at radius 2 is 1.96 bits per heavy atom. The number of benzene rings is 1. The lowest BCUT2D eigenvalue weighted by Gasteiger charge is -2.18. The van der Waals surface area contributed by atoms with Crippen molar-refractivity contribution in [2.75, 3.05) is 5.75 Å². The molecule has 0 saturated heterocycles. The fraction of sp³-hybridized carbons (Fsp3) is 0.474. The van der Waals surface area contributed by atoms with E-state index in [1.54, 1.807) is 0 Å². The predicted octanol–water partition coefficient (Wildman–Crippen LogP) is 5.20. The molecule has 23 heavy (non-hydrogen) atoms. The standard InChI is InChI=1S/C19H25N3S/c1-2-3-4-5-6-13-23-19(15-22-12-11-21-16-22)18-9-7-17(14-20)8-10-18/h7-12,16,19H,2-6,13,15H2,1H3. The summed E-state index contributed by atoms with van der Waals surface area (Å²) in [4.78, 5) is 4.14. The second-order valence-electron chi connectivity index (χ2n) is 5.77. The number of nitriles is 1. The van der Waals surface area contributed by atoms with Gasteiger partial charge in [-0.05, 0) is 29.9 Å². The van der Waals surface area contributed by atoms with E-state index < -0.39 is 0 Å². The maximum absolute atomic E-state index is 8.95. The van der Waals surface area contributed by atoms with Gasteiger partial charge < -0.3 is 4.57 Å². The van der Waals surface area contributed by atoms with Crippen molar-refractivity contribution in [1.29, 1.82) is 5.26 Å². The Kier molecular flexibility index (Phi) is 7.75. The largest absolute Gasteiger partial charge is 0.336 e. The number of rotatable bonds is 10. The van der Waals surface area contributed by atoms with Gasteiger partial charge in [0.25, 0.3) is 0 Å². The summed E-state index contributed by atoms with van der Waals surface area (Å²) in [6.07, 6.45) is 12.3. The Morgan fingerprint density at radius 1 is 1.17 bits per heavy atom. The summed E-state index contributed by atoms with van der Waals surface area (Å²) in [6, 6.07) is 10.2. The molecule has 2 aromatic rings. The highest BCUT2D eigenvalue weighted by Gasteiger charge is 2.13. The Morgan fingerprint density at radius 3 is 2.61 bits per heavy atom. The van der Waals surface area contributed by atoms with Gasteiger partial charge in [-0.25, -0.2) is 4.98 Å². The summed E-state index contributed by atoms with van der Waals surface area (Å²) < 4.78 is 2.13.